The summed E-state index contributed by atoms with van der Waals surface area (Å²) in [5, 5.41) is 11.5. The molecule has 0 saturated carbocycles. The minimum Gasteiger partial charge on any atom is -0.480 e. The summed E-state index contributed by atoms with van der Waals surface area (Å²) >= 11 is 0. The van der Waals surface area contributed by atoms with E-state index in [-0.39, 0.29) is 19.4 Å². The van der Waals surface area contributed by atoms with Crippen molar-refractivity contribution in [2.24, 2.45) is 0 Å². The molecule has 1 atom stereocenters. The average Bonchev–Trinajstić information content (AvgIpc) is 2.23. The SMILES string of the molecule is CCOC(=O)CC[C@@](C)(NC(=O)OC(C)(C)C)C(=O)O. The zero-order chi connectivity index (χ0) is 16.0. The van der Waals surface area contributed by atoms with Crippen molar-refractivity contribution in [1.82, 2.24) is 5.32 Å². The summed E-state index contributed by atoms with van der Waals surface area (Å²) in [6.07, 6.45) is -1.03. The van der Waals surface area contributed by atoms with Crippen LogP contribution < -0.4 is 5.32 Å². The molecule has 20 heavy (non-hydrogen) atoms. The molecule has 0 aromatic heterocycles. The number of rotatable bonds is 6. The average molecular weight is 289 g/mol. The van der Waals surface area contributed by atoms with E-state index in [1.807, 2.05) is 0 Å². The lowest BCUT2D eigenvalue weighted by atomic mass is 9.96. The van der Waals surface area contributed by atoms with Crippen molar-refractivity contribution >= 4 is 18.0 Å². The normalized spacial score (nSPS) is 14.1. The zero-order valence-corrected chi connectivity index (χ0v) is 12.6. The lowest BCUT2D eigenvalue weighted by molar-refractivity contribution is -0.147. The standard InChI is InChI=1S/C13H23NO6/c1-6-19-9(15)7-8-13(5,10(16)17)14-11(18)20-12(2,3)4/h6-8H2,1-5H3,(H,14,18)(H,16,17)/t13-/m1/s1. The van der Waals surface area contributed by atoms with E-state index in [4.69, 9.17) is 9.47 Å². The Balaban J connectivity index is 4.65. The van der Waals surface area contributed by atoms with E-state index in [1.165, 1.54) is 6.92 Å². The van der Waals surface area contributed by atoms with Gasteiger partial charge < -0.3 is 19.9 Å². The molecule has 0 fully saturated rings. The second-order valence-electron chi connectivity index (χ2n) is 5.57. The van der Waals surface area contributed by atoms with Crippen LogP contribution in [0.3, 0.4) is 0 Å². The molecular weight excluding hydrogens is 266 g/mol. The van der Waals surface area contributed by atoms with Crippen molar-refractivity contribution in [3.8, 4) is 0 Å². The van der Waals surface area contributed by atoms with Gasteiger partial charge in [-0.25, -0.2) is 9.59 Å². The molecule has 0 spiro atoms. The van der Waals surface area contributed by atoms with E-state index >= 15 is 0 Å². The number of carboxylic acids is 1. The first kappa shape index (κ1) is 18.2. The number of nitrogens with one attached hydrogen (secondary N) is 1. The van der Waals surface area contributed by atoms with E-state index in [0.29, 0.717) is 0 Å². The van der Waals surface area contributed by atoms with Crippen molar-refractivity contribution in [2.75, 3.05) is 6.61 Å². The largest absolute Gasteiger partial charge is 0.480 e. The Bertz CT molecular complexity index is 374. The van der Waals surface area contributed by atoms with Gasteiger partial charge in [0.15, 0.2) is 0 Å². The zero-order valence-electron chi connectivity index (χ0n) is 12.6. The third-order valence-electron chi connectivity index (χ3n) is 2.38. The van der Waals surface area contributed by atoms with Crippen molar-refractivity contribution in [3.05, 3.63) is 0 Å². The molecule has 0 saturated heterocycles. The highest BCUT2D eigenvalue weighted by atomic mass is 16.6. The van der Waals surface area contributed by atoms with Gasteiger partial charge in [-0.2, -0.15) is 0 Å². The summed E-state index contributed by atoms with van der Waals surface area (Å²) in [6, 6.07) is 0. The van der Waals surface area contributed by atoms with E-state index in [0.717, 1.165) is 0 Å². The van der Waals surface area contributed by atoms with Crippen molar-refractivity contribution in [2.45, 2.75) is 58.6 Å². The third kappa shape index (κ3) is 6.96. The van der Waals surface area contributed by atoms with Gasteiger partial charge in [-0.15, -0.1) is 0 Å². The summed E-state index contributed by atoms with van der Waals surface area (Å²) in [7, 11) is 0. The maximum atomic E-state index is 11.6. The minimum atomic E-state index is -1.59. The highest BCUT2D eigenvalue weighted by molar-refractivity contribution is 5.84. The van der Waals surface area contributed by atoms with Crippen LogP contribution in [0, 0.1) is 0 Å². The van der Waals surface area contributed by atoms with Crippen LogP contribution in [0.4, 0.5) is 4.79 Å². The highest BCUT2D eigenvalue weighted by Crippen LogP contribution is 2.15. The number of hydrogen-bond donors (Lipinski definition) is 2. The molecule has 7 heteroatoms. The summed E-state index contributed by atoms with van der Waals surface area (Å²) < 4.78 is 9.74. The number of alkyl carbamates (subject to hydrolysis) is 1. The molecule has 0 bridgehead atoms. The first-order chi connectivity index (χ1) is 9.00. The van der Waals surface area contributed by atoms with Gasteiger partial charge in [-0.3, -0.25) is 4.79 Å². The maximum absolute atomic E-state index is 11.6. The number of carbonyl (C=O) groups excluding carboxylic acids is 2. The number of carbonyl (C=O) groups is 3. The molecule has 2 N–H and O–H groups in total. The first-order valence-corrected chi connectivity index (χ1v) is 6.40. The summed E-state index contributed by atoms with van der Waals surface area (Å²) in [5.74, 6) is -1.75. The number of esters is 1. The predicted molar refractivity (Wildman–Crippen MR) is 71.3 cm³/mol. The Kier molecular flexibility index (Phi) is 6.48. The monoisotopic (exact) mass is 289 g/mol. The summed E-state index contributed by atoms with van der Waals surface area (Å²) in [6.45, 7) is 8.21. The third-order valence-corrected chi connectivity index (χ3v) is 2.38. The van der Waals surface area contributed by atoms with E-state index in [1.54, 1.807) is 27.7 Å². The fraction of sp³-hybridized carbons (Fsp3) is 0.769. The van der Waals surface area contributed by atoms with Gasteiger partial charge in [0.2, 0.25) is 0 Å². The van der Waals surface area contributed by atoms with Crippen LogP contribution in [0.1, 0.15) is 47.5 Å². The fourth-order valence-corrected chi connectivity index (χ4v) is 1.34. The topological polar surface area (TPSA) is 102 Å². The minimum absolute atomic E-state index is 0.0829. The Morgan fingerprint density at radius 1 is 1.15 bits per heavy atom. The first-order valence-electron chi connectivity index (χ1n) is 6.40. The number of ether oxygens (including phenoxy) is 2. The Morgan fingerprint density at radius 3 is 2.10 bits per heavy atom. The Hall–Kier alpha value is -1.79. The van der Waals surface area contributed by atoms with E-state index in [9.17, 15) is 19.5 Å². The van der Waals surface area contributed by atoms with Gasteiger partial charge in [-0.1, -0.05) is 0 Å². The summed E-state index contributed by atoms with van der Waals surface area (Å²) in [4.78, 5) is 34.2. The molecule has 0 heterocycles. The van der Waals surface area contributed by atoms with Crippen LogP contribution in [0.25, 0.3) is 0 Å². The number of hydrogen-bond acceptors (Lipinski definition) is 5. The number of carboxylic acid groups (broad SMARTS) is 1. The van der Waals surface area contributed by atoms with Gasteiger partial charge >= 0.3 is 18.0 Å². The van der Waals surface area contributed by atoms with Gasteiger partial charge in [0, 0.05) is 6.42 Å². The molecule has 0 aromatic rings. The smallest absolute Gasteiger partial charge is 0.408 e. The van der Waals surface area contributed by atoms with Gasteiger partial charge in [0.05, 0.1) is 6.61 Å². The van der Waals surface area contributed by atoms with Crippen molar-refractivity contribution < 1.29 is 29.0 Å². The molecule has 0 rings (SSSR count). The van der Waals surface area contributed by atoms with Crippen molar-refractivity contribution in [1.29, 1.82) is 0 Å². The van der Waals surface area contributed by atoms with Gasteiger partial charge in [0.25, 0.3) is 0 Å². The molecule has 116 valence electrons. The van der Waals surface area contributed by atoms with Crippen LogP contribution in [-0.4, -0.2) is 40.9 Å². The molecule has 0 radical (unpaired) electrons. The quantitative estimate of drug-likeness (QED) is 0.721. The Morgan fingerprint density at radius 2 is 1.70 bits per heavy atom. The number of aliphatic carboxylic acids is 1. The van der Waals surface area contributed by atoms with Gasteiger partial charge in [0.1, 0.15) is 11.1 Å². The van der Waals surface area contributed by atoms with E-state index in [2.05, 4.69) is 5.32 Å². The molecule has 0 aliphatic rings. The second-order valence-corrected chi connectivity index (χ2v) is 5.57. The van der Waals surface area contributed by atoms with E-state index < -0.39 is 29.2 Å². The molecule has 0 aliphatic carbocycles. The number of amides is 1. The molecule has 0 aromatic carbocycles. The fourth-order valence-electron chi connectivity index (χ4n) is 1.34. The molecule has 7 nitrogen and oxygen atoms in total. The Labute approximate surface area is 118 Å². The second kappa shape index (κ2) is 7.12. The highest BCUT2D eigenvalue weighted by Gasteiger charge is 2.36. The lowest BCUT2D eigenvalue weighted by Crippen LogP contribution is -2.53. The van der Waals surface area contributed by atoms with Crippen LogP contribution in [0.2, 0.25) is 0 Å². The van der Waals surface area contributed by atoms with Crippen LogP contribution in [0.15, 0.2) is 0 Å². The molecule has 1 amide bonds. The van der Waals surface area contributed by atoms with Crippen LogP contribution in [0.5, 0.6) is 0 Å². The molecule has 0 unspecified atom stereocenters. The molecular formula is C13H23NO6. The maximum Gasteiger partial charge on any atom is 0.408 e. The summed E-state index contributed by atoms with van der Waals surface area (Å²) in [5.41, 5.74) is -2.32. The van der Waals surface area contributed by atoms with Gasteiger partial charge in [-0.05, 0) is 41.0 Å². The predicted octanol–water partition coefficient (Wildman–Crippen LogP) is 1.70. The van der Waals surface area contributed by atoms with Crippen LogP contribution >= 0.6 is 0 Å². The molecule has 0 aliphatic heterocycles. The van der Waals surface area contributed by atoms with Crippen LogP contribution in [-0.2, 0) is 19.1 Å². The van der Waals surface area contributed by atoms with Crippen molar-refractivity contribution in [3.63, 3.8) is 0 Å². The lowest BCUT2D eigenvalue weighted by Gasteiger charge is -2.28.